The van der Waals surface area contributed by atoms with Crippen LogP contribution in [0.25, 0.3) is 10.8 Å². The molecular weight excluding hydrogens is 270 g/mol. The van der Waals surface area contributed by atoms with E-state index in [1.54, 1.807) is 17.7 Å². The van der Waals surface area contributed by atoms with E-state index in [4.69, 9.17) is 4.42 Å². The van der Waals surface area contributed by atoms with Crippen molar-refractivity contribution in [1.29, 1.82) is 0 Å². The summed E-state index contributed by atoms with van der Waals surface area (Å²) in [7, 11) is 1.90. The second kappa shape index (κ2) is 4.91. The molecule has 6 nitrogen and oxygen atoms in total. The molecule has 0 amide bonds. The largest absolute Gasteiger partial charge is 0.419 e. The molecule has 0 unspecified atom stereocenters. The Morgan fingerprint density at radius 1 is 1.39 bits per heavy atom. The zero-order chi connectivity index (χ0) is 12.4. The van der Waals surface area contributed by atoms with E-state index in [9.17, 15) is 0 Å². The third-order valence-corrected chi connectivity index (χ3v) is 4.07. The Morgan fingerprint density at radius 3 is 3.06 bits per heavy atom. The van der Waals surface area contributed by atoms with Crippen molar-refractivity contribution in [3.63, 3.8) is 0 Å². The Hall–Kier alpha value is -1.67. The maximum absolute atomic E-state index is 5.58. The Balaban J connectivity index is 1.69. The molecule has 3 rings (SSSR count). The van der Waals surface area contributed by atoms with Crippen LogP contribution in [0.5, 0.6) is 0 Å². The highest BCUT2D eigenvalue weighted by Gasteiger charge is 2.10. The van der Waals surface area contributed by atoms with Crippen LogP contribution in [0.15, 0.2) is 33.4 Å². The lowest BCUT2D eigenvalue weighted by molar-refractivity contribution is 0.529. The molecule has 0 aliphatic rings. The van der Waals surface area contributed by atoms with Crippen LogP contribution in [-0.2, 0) is 12.8 Å². The molecule has 0 atom stereocenters. The van der Waals surface area contributed by atoms with E-state index in [0.717, 1.165) is 10.0 Å². The smallest absolute Gasteiger partial charge is 0.257 e. The maximum Gasteiger partial charge on any atom is 0.257 e. The van der Waals surface area contributed by atoms with Gasteiger partial charge in [-0.15, -0.1) is 31.7 Å². The van der Waals surface area contributed by atoms with E-state index >= 15 is 0 Å². The van der Waals surface area contributed by atoms with Crippen LogP contribution in [-0.4, -0.2) is 25.0 Å². The van der Waals surface area contributed by atoms with Crippen molar-refractivity contribution < 1.29 is 4.42 Å². The number of thioether (sulfide) groups is 1. The lowest BCUT2D eigenvalue weighted by Gasteiger charge is -1.95. The van der Waals surface area contributed by atoms with Crippen LogP contribution in [0, 0.1) is 0 Å². The number of rotatable bonds is 4. The van der Waals surface area contributed by atoms with Crippen LogP contribution < -0.4 is 0 Å². The standard InChI is InChI=1S/C10H9N5OS2/c1-15-6-11-14-10(15)18-5-8-12-13-9(16-8)7-3-2-4-17-7/h2-4,6H,5H2,1H3. The van der Waals surface area contributed by atoms with Crippen molar-refractivity contribution in [3.05, 3.63) is 29.7 Å². The zero-order valence-corrected chi connectivity index (χ0v) is 11.1. The molecule has 3 heterocycles. The summed E-state index contributed by atoms with van der Waals surface area (Å²) in [6.07, 6.45) is 1.66. The first-order valence-corrected chi connectivity index (χ1v) is 7.02. The zero-order valence-electron chi connectivity index (χ0n) is 9.48. The molecule has 18 heavy (non-hydrogen) atoms. The monoisotopic (exact) mass is 279 g/mol. The quantitative estimate of drug-likeness (QED) is 0.682. The molecule has 0 saturated heterocycles. The van der Waals surface area contributed by atoms with E-state index in [1.807, 2.05) is 29.1 Å². The fourth-order valence-electron chi connectivity index (χ4n) is 1.34. The summed E-state index contributed by atoms with van der Waals surface area (Å²) in [6, 6.07) is 3.91. The van der Waals surface area contributed by atoms with E-state index < -0.39 is 0 Å². The van der Waals surface area contributed by atoms with Gasteiger partial charge in [-0.05, 0) is 11.4 Å². The highest BCUT2D eigenvalue weighted by molar-refractivity contribution is 7.98. The highest BCUT2D eigenvalue weighted by atomic mass is 32.2. The third kappa shape index (κ3) is 2.29. The molecule has 0 aliphatic heterocycles. The Labute approximate surface area is 111 Å². The second-order valence-electron chi connectivity index (χ2n) is 3.49. The van der Waals surface area contributed by atoms with Gasteiger partial charge < -0.3 is 8.98 Å². The van der Waals surface area contributed by atoms with Crippen molar-refractivity contribution in [3.8, 4) is 10.8 Å². The summed E-state index contributed by atoms with van der Waals surface area (Å²) in [5.74, 6) is 1.75. The predicted octanol–water partition coefficient (Wildman–Crippen LogP) is 2.22. The molecule has 0 radical (unpaired) electrons. The van der Waals surface area contributed by atoms with Crippen molar-refractivity contribution in [2.75, 3.05) is 0 Å². The number of aromatic nitrogens is 5. The number of aryl methyl sites for hydroxylation is 1. The minimum absolute atomic E-state index is 0.568. The average molecular weight is 279 g/mol. The summed E-state index contributed by atoms with van der Waals surface area (Å²) in [6.45, 7) is 0. The fraction of sp³-hybridized carbons (Fsp3) is 0.200. The normalized spacial score (nSPS) is 10.9. The van der Waals surface area contributed by atoms with Gasteiger partial charge >= 0.3 is 0 Å². The summed E-state index contributed by atoms with van der Waals surface area (Å²) >= 11 is 3.09. The lowest BCUT2D eigenvalue weighted by Crippen LogP contribution is -1.89. The van der Waals surface area contributed by atoms with Crippen LogP contribution in [0.3, 0.4) is 0 Å². The average Bonchev–Trinajstić information content (AvgIpc) is 3.08. The second-order valence-corrected chi connectivity index (χ2v) is 5.38. The van der Waals surface area contributed by atoms with Crippen LogP contribution in [0.2, 0.25) is 0 Å². The van der Waals surface area contributed by atoms with Gasteiger partial charge in [-0.1, -0.05) is 17.8 Å². The summed E-state index contributed by atoms with van der Waals surface area (Å²) in [5, 5.41) is 18.6. The molecule has 0 N–H and O–H groups in total. The Bertz CT molecular complexity index is 630. The number of nitrogens with zero attached hydrogens (tertiary/aromatic N) is 5. The van der Waals surface area contributed by atoms with Gasteiger partial charge in [0, 0.05) is 7.05 Å². The molecule has 0 spiro atoms. The van der Waals surface area contributed by atoms with Gasteiger partial charge in [0.15, 0.2) is 5.16 Å². The first-order valence-electron chi connectivity index (χ1n) is 5.16. The molecule has 0 aromatic carbocycles. The van der Waals surface area contributed by atoms with Gasteiger partial charge in [-0.3, -0.25) is 0 Å². The predicted molar refractivity (Wildman–Crippen MR) is 68.2 cm³/mol. The Kier molecular flexibility index (Phi) is 3.11. The van der Waals surface area contributed by atoms with E-state index in [1.165, 1.54) is 11.8 Å². The van der Waals surface area contributed by atoms with Gasteiger partial charge in [0.1, 0.15) is 6.33 Å². The van der Waals surface area contributed by atoms with E-state index in [-0.39, 0.29) is 0 Å². The van der Waals surface area contributed by atoms with Gasteiger partial charge in [0.25, 0.3) is 5.89 Å². The maximum atomic E-state index is 5.58. The lowest BCUT2D eigenvalue weighted by atomic mass is 10.5. The number of hydrogen-bond acceptors (Lipinski definition) is 7. The molecular formula is C10H9N5OS2. The molecule has 0 aliphatic carbocycles. The minimum Gasteiger partial charge on any atom is -0.419 e. The third-order valence-electron chi connectivity index (χ3n) is 2.19. The first kappa shape index (κ1) is 11.4. The molecule has 3 aromatic heterocycles. The van der Waals surface area contributed by atoms with Gasteiger partial charge in [-0.25, -0.2) is 0 Å². The fourth-order valence-corrected chi connectivity index (χ4v) is 2.71. The van der Waals surface area contributed by atoms with Gasteiger partial charge in [0.2, 0.25) is 5.89 Å². The number of thiophene rings is 1. The Morgan fingerprint density at radius 2 is 2.33 bits per heavy atom. The molecule has 8 heteroatoms. The van der Waals surface area contributed by atoms with Crippen molar-refractivity contribution in [2.45, 2.75) is 10.9 Å². The summed E-state index contributed by atoms with van der Waals surface area (Å²) in [5.41, 5.74) is 0. The van der Waals surface area contributed by atoms with Crippen molar-refractivity contribution >= 4 is 23.1 Å². The molecule has 0 saturated carbocycles. The summed E-state index contributed by atoms with van der Waals surface area (Å²) in [4.78, 5) is 0.984. The highest BCUT2D eigenvalue weighted by Crippen LogP contribution is 2.25. The van der Waals surface area contributed by atoms with Crippen molar-refractivity contribution in [1.82, 2.24) is 25.0 Å². The van der Waals surface area contributed by atoms with Crippen LogP contribution in [0.4, 0.5) is 0 Å². The molecule has 0 bridgehead atoms. The number of hydrogen-bond donors (Lipinski definition) is 0. The molecule has 0 fully saturated rings. The van der Waals surface area contributed by atoms with E-state index in [2.05, 4.69) is 20.4 Å². The van der Waals surface area contributed by atoms with Crippen LogP contribution in [0.1, 0.15) is 5.89 Å². The SMILES string of the molecule is Cn1cnnc1SCc1nnc(-c2cccs2)o1. The minimum atomic E-state index is 0.568. The molecule has 92 valence electrons. The molecule has 3 aromatic rings. The van der Waals surface area contributed by atoms with Gasteiger partial charge in [0.05, 0.1) is 10.6 Å². The topological polar surface area (TPSA) is 69.6 Å². The first-order chi connectivity index (χ1) is 8.83. The van der Waals surface area contributed by atoms with E-state index in [0.29, 0.717) is 17.5 Å². The van der Waals surface area contributed by atoms with Crippen LogP contribution >= 0.6 is 23.1 Å². The van der Waals surface area contributed by atoms with Gasteiger partial charge in [-0.2, -0.15) is 0 Å². The summed E-state index contributed by atoms with van der Waals surface area (Å²) < 4.78 is 7.42. The van der Waals surface area contributed by atoms with Crippen molar-refractivity contribution in [2.24, 2.45) is 7.05 Å².